The van der Waals surface area contributed by atoms with Gasteiger partial charge in [-0.2, -0.15) is 0 Å². The highest BCUT2D eigenvalue weighted by atomic mass is 35.5. The Balaban J connectivity index is 2.94. The zero-order valence-electron chi connectivity index (χ0n) is 11.9. The van der Waals surface area contributed by atoms with Crippen molar-refractivity contribution in [1.29, 1.82) is 0 Å². The zero-order valence-corrected chi connectivity index (χ0v) is 12.7. The number of amides is 1. The van der Waals surface area contributed by atoms with E-state index in [1.807, 2.05) is 0 Å². The van der Waals surface area contributed by atoms with Gasteiger partial charge in [0.05, 0.1) is 12.2 Å². The summed E-state index contributed by atoms with van der Waals surface area (Å²) in [5, 5.41) is 12.0. The monoisotopic (exact) mass is 311 g/mol. The van der Waals surface area contributed by atoms with Crippen molar-refractivity contribution in [3.05, 3.63) is 40.9 Å². The number of carbonyl (C=O) groups excluding carboxylic acids is 1. The molecule has 0 saturated carbocycles. The number of benzene rings is 1. The lowest BCUT2D eigenvalue weighted by Crippen LogP contribution is -2.40. The summed E-state index contributed by atoms with van der Waals surface area (Å²) in [5.41, 5.74) is 0.257. The van der Waals surface area contributed by atoms with Crippen molar-refractivity contribution >= 4 is 23.5 Å². The average Bonchev–Trinajstić information content (AvgIpc) is 2.43. The molecule has 0 saturated heterocycles. The smallest absolute Gasteiger partial charge is 0.326 e. The molecule has 0 spiro atoms. The molecule has 1 aromatic carbocycles. The summed E-state index contributed by atoms with van der Waals surface area (Å²) in [6, 6.07) is 3.61. The molecule has 1 amide bonds. The van der Waals surface area contributed by atoms with Gasteiger partial charge in [-0.05, 0) is 38.5 Å². The molecule has 0 radical (unpaired) electrons. The van der Waals surface area contributed by atoms with E-state index in [2.05, 4.69) is 5.32 Å². The molecule has 1 atom stereocenters. The molecule has 114 valence electrons. The number of hydrogen-bond donors (Lipinski definition) is 2. The van der Waals surface area contributed by atoms with Crippen LogP contribution in [0.2, 0.25) is 5.02 Å². The van der Waals surface area contributed by atoms with E-state index in [1.165, 1.54) is 12.1 Å². The number of halogens is 1. The van der Waals surface area contributed by atoms with Crippen LogP contribution in [0.1, 0.15) is 30.6 Å². The number of carboxylic acid groups (broad SMARTS) is 1. The fourth-order valence-corrected chi connectivity index (χ4v) is 1.85. The van der Waals surface area contributed by atoms with E-state index >= 15 is 0 Å². The summed E-state index contributed by atoms with van der Waals surface area (Å²) in [7, 11) is 0. The van der Waals surface area contributed by atoms with Crippen LogP contribution in [0.25, 0.3) is 0 Å². The van der Waals surface area contributed by atoms with Gasteiger partial charge in [-0.1, -0.05) is 23.8 Å². The molecule has 2 N–H and O–H groups in total. The second kappa shape index (κ2) is 8.32. The topological polar surface area (TPSA) is 75.6 Å². The minimum absolute atomic E-state index is 0.217. The number of carboxylic acids is 1. The lowest BCUT2D eigenvalue weighted by Gasteiger charge is -2.15. The van der Waals surface area contributed by atoms with Crippen molar-refractivity contribution < 1.29 is 19.4 Å². The minimum atomic E-state index is -1.09. The normalized spacial score (nSPS) is 12.1. The number of nitrogens with one attached hydrogen (secondary N) is 1. The van der Waals surface area contributed by atoms with Gasteiger partial charge in [-0.25, -0.2) is 4.79 Å². The number of allylic oxidation sites excluding steroid dienone is 1. The molecule has 5 nitrogen and oxygen atoms in total. The second-order valence-electron chi connectivity index (χ2n) is 4.24. The van der Waals surface area contributed by atoms with Gasteiger partial charge in [0, 0.05) is 5.02 Å². The van der Waals surface area contributed by atoms with E-state index < -0.39 is 17.9 Å². The predicted molar refractivity (Wildman–Crippen MR) is 80.9 cm³/mol. The van der Waals surface area contributed by atoms with Gasteiger partial charge in [-0.15, -0.1) is 0 Å². The van der Waals surface area contributed by atoms with Gasteiger partial charge in [0.15, 0.2) is 0 Å². The summed E-state index contributed by atoms with van der Waals surface area (Å²) in [5.74, 6) is -1.27. The number of hydrogen-bond acceptors (Lipinski definition) is 3. The average molecular weight is 312 g/mol. The van der Waals surface area contributed by atoms with Crippen molar-refractivity contribution in [3.63, 3.8) is 0 Å². The molecule has 21 heavy (non-hydrogen) atoms. The molecule has 1 unspecified atom stereocenters. The molecule has 0 aliphatic rings. The Labute approximate surface area is 128 Å². The van der Waals surface area contributed by atoms with Crippen molar-refractivity contribution in [2.75, 3.05) is 6.61 Å². The number of rotatable bonds is 7. The first-order valence-corrected chi connectivity index (χ1v) is 6.94. The molecule has 0 aliphatic carbocycles. The Bertz CT molecular complexity index is 542. The van der Waals surface area contributed by atoms with Crippen LogP contribution < -0.4 is 10.1 Å². The van der Waals surface area contributed by atoms with Crippen LogP contribution in [-0.2, 0) is 4.79 Å². The highest BCUT2D eigenvalue weighted by molar-refractivity contribution is 6.30. The molecule has 1 aromatic rings. The predicted octanol–water partition coefficient (Wildman–Crippen LogP) is 2.89. The van der Waals surface area contributed by atoms with Crippen molar-refractivity contribution in [2.24, 2.45) is 0 Å². The van der Waals surface area contributed by atoms with Gasteiger partial charge in [0.1, 0.15) is 11.8 Å². The molecular weight excluding hydrogens is 294 g/mol. The highest BCUT2D eigenvalue weighted by Gasteiger charge is 2.21. The van der Waals surface area contributed by atoms with Gasteiger partial charge in [0.2, 0.25) is 0 Å². The second-order valence-corrected chi connectivity index (χ2v) is 4.68. The fraction of sp³-hybridized carbons (Fsp3) is 0.333. The zero-order chi connectivity index (χ0) is 15.8. The molecule has 0 aliphatic heterocycles. The van der Waals surface area contributed by atoms with Crippen LogP contribution in [-0.4, -0.2) is 29.6 Å². The van der Waals surface area contributed by atoms with Crippen LogP contribution in [0.4, 0.5) is 0 Å². The first-order valence-electron chi connectivity index (χ1n) is 6.56. The maximum Gasteiger partial charge on any atom is 0.326 e. The first kappa shape index (κ1) is 17.0. The maximum absolute atomic E-state index is 12.2. The summed E-state index contributed by atoms with van der Waals surface area (Å²) in [6.45, 7) is 3.95. The number of ether oxygens (including phenoxy) is 1. The minimum Gasteiger partial charge on any atom is -0.493 e. The third-order valence-electron chi connectivity index (χ3n) is 2.70. The number of aliphatic carboxylic acids is 1. The van der Waals surface area contributed by atoms with Gasteiger partial charge in [-0.3, -0.25) is 4.79 Å². The summed E-state index contributed by atoms with van der Waals surface area (Å²) in [6.07, 6.45) is 3.63. The maximum atomic E-state index is 12.2. The van der Waals surface area contributed by atoms with Crippen molar-refractivity contribution in [2.45, 2.75) is 26.3 Å². The quantitative estimate of drug-likeness (QED) is 0.759. The molecule has 0 heterocycles. The summed E-state index contributed by atoms with van der Waals surface area (Å²) in [4.78, 5) is 23.3. The third kappa shape index (κ3) is 5.11. The Hall–Kier alpha value is -2.01. The van der Waals surface area contributed by atoms with E-state index in [4.69, 9.17) is 21.4 Å². The van der Waals surface area contributed by atoms with E-state index in [9.17, 15) is 9.59 Å². The Morgan fingerprint density at radius 3 is 2.76 bits per heavy atom. The number of carbonyl (C=O) groups is 2. The lowest BCUT2D eigenvalue weighted by molar-refractivity contribution is -0.139. The molecule has 0 fully saturated rings. The van der Waals surface area contributed by atoms with Gasteiger partial charge >= 0.3 is 5.97 Å². The van der Waals surface area contributed by atoms with E-state index in [-0.39, 0.29) is 12.0 Å². The molecular formula is C15H18ClNO4. The summed E-state index contributed by atoms with van der Waals surface area (Å²) >= 11 is 5.87. The molecule has 0 bridgehead atoms. The van der Waals surface area contributed by atoms with Gasteiger partial charge in [0.25, 0.3) is 5.91 Å². The summed E-state index contributed by atoms with van der Waals surface area (Å²) < 4.78 is 5.36. The van der Waals surface area contributed by atoms with Crippen LogP contribution >= 0.6 is 11.6 Å². The molecule has 1 rings (SSSR count). The van der Waals surface area contributed by atoms with Crippen LogP contribution in [0.5, 0.6) is 5.75 Å². The first-order chi connectivity index (χ1) is 9.99. The standard InChI is InChI=1S/C15H18ClNO4/c1-3-5-6-12(15(19)20)17-14(18)11-8-7-10(16)9-13(11)21-4-2/h3,5,7-9,12H,4,6H2,1-2H3,(H,17,18)(H,19,20)/b5-3+. The SMILES string of the molecule is C/C=C/CC(NC(=O)c1ccc(Cl)cc1OCC)C(=O)O. The van der Waals surface area contributed by atoms with E-state index in [0.29, 0.717) is 17.4 Å². The van der Waals surface area contributed by atoms with Crippen molar-refractivity contribution in [3.8, 4) is 5.75 Å². The van der Waals surface area contributed by atoms with Crippen molar-refractivity contribution in [1.82, 2.24) is 5.32 Å². The largest absolute Gasteiger partial charge is 0.493 e. The van der Waals surface area contributed by atoms with Crippen LogP contribution in [0, 0.1) is 0 Å². The third-order valence-corrected chi connectivity index (χ3v) is 2.93. The van der Waals surface area contributed by atoms with E-state index in [0.717, 1.165) is 0 Å². The Morgan fingerprint density at radius 2 is 2.19 bits per heavy atom. The Morgan fingerprint density at radius 1 is 1.48 bits per heavy atom. The van der Waals surface area contributed by atoms with Crippen LogP contribution in [0.15, 0.2) is 30.4 Å². The highest BCUT2D eigenvalue weighted by Crippen LogP contribution is 2.23. The molecule has 0 aromatic heterocycles. The van der Waals surface area contributed by atoms with Gasteiger partial charge < -0.3 is 15.2 Å². The van der Waals surface area contributed by atoms with E-state index in [1.54, 1.807) is 32.1 Å². The lowest BCUT2D eigenvalue weighted by atomic mass is 10.1. The fourth-order valence-electron chi connectivity index (χ4n) is 1.69. The van der Waals surface area contributed by atoms with Crippen LogP contribution in [0.3, 0.4) is 0 Å². The molecule has 6 heteroatoms. The Kier molecular flexibility index (Phi) is 6.75.